The van der Waals surface area contributed by atoms with E-state index in [0.717, 1.165) is 5.84 Å². The number of amides is 1. The molecule has 2 saturated heterocycles. The number of hydrogen-bond acceptors (Lipinski definition) is 6. The Morgan fingerprint density at radius 1 is 1.40 bits per heavy atom. The summed E-state index contributed by atoms with van der Waals surface area (Å²) in [5.74, 6) is 0.536. The minimum atomic E-state index is -4.46. The molecule has 192 valence electrons. The molecule has 3 heterocycles. The maximum atomic E-state index is 12.9. The summed E-state index contributed by atoms with van der Waals surface area (Å²) in [6.07, 6.45) is -0.488. The number of likely N-dealkylation sites (tertiary alicyclic amines) is 2. The molecule has 2 aliphatic heterocycles. The summed E-state index contributed by atoms with van der Waals surface area (Å²) in [5, 5.41) is 0.264. The molecule has 8 nitrogen and oxygen atoms in total. The fraction of sp³-hybridized carbons (Fsp3) is 0.522. The van der Waals surface area contributed by atoms with Crippen molar-refractivity contribution in [1.29, 1.82) is 0 Å². The lowest BCUT2D eigenvalue weighted by molar-refractivity contribution is -0.154. The number of pyridine rings is 1. The second-order valence-electron chi connectivity index (χ2n) is 8.46. The number of alkyl halides is 3. The van der Waals surface area contributed by atoms with Crippen LogP contribution in [-0.2, 0) is 16.0 Å². The Hall–Kier alpha value is -2.73. The highest BCUT2D eigenvalue weighted by Crippen LogP contribution is 2.25. The monoisotopic (exact) mass is 514 g/mol. The molecule has 0 saturated carbocycles. The molecular formula is C23H29F3N4O4S. The van der Waals surface area contributed by atoms with Gasteiger partial charge in [-0.05, 0) is 44.1 Å². The van der Waals surface area contributed by atoms with Gasteiger partial charge in [0.15, 0.2) is 18.0 Å². The zero-order valence-corrected chi connectivity index (χ0v) is 20.6. The summed E-state index contributed by atoms with van der Waals surface area (Å²) >= 11 is -0.867. The zero-order valence-electron chi connectivity index (χ0n) is 19.8. The summed E-state index contributed by atoms with van der Waals surface area (Å²) in [6, 6.07) is 2.65. The minimum Gasteiger partial charge on any atom is -0.616 e. The minimum absolute atomic E-state index is 0.124. The number of ether oxygens (including phenoxy) is 2. The van der Waals surface area contributed by atoms with E-state index in [1.807, 2.05) is 25.7 Å². The van der Waals surface area contributed by atoms with Crippen molar-refractivity contribution in [3.05, 3.63) is 42.9 Å². The third-order valence-electron chi connectivity index (χ3n) is 5.53. The third kappa shape index (κ3) is 7.14. The van der Waals surface area contributed by atoms with E-state index in [0.29, 0.717) is 31.8 Å². The van der Waals surface area contributed by atoms with Crippen LogP contribution >= 0.6 is 0 Å². The molecule has 0 spiro atoms. The van der Waals surface area contributed by atoms with Gasteiger partial charge < -0.3 is 23.8 Å². The fourth-order valence-electron chi connectivity index (χ4n) is 3.57. The highest BCUT2D eigenvalue weighted by atomic mass is 32.2. The van der Waals surface area contributed by atoms with Gasteiger partial charge in [0.25, 0.3) is 5.91 Å². The van der Waals surface area contributed by atoms with Gasteiger partial charge in [-0.25, -0.2) is 9.98 Å². The summed E-state index contributed by atoms with van der Waals surface area (Å²) in [6.45, 7) is 9.85. The van der Waals surface area contributed by atoms with Gasteiger partial charge in [0.2, 0.25) is 5.88 Å². The molecular weight excluding hydrogens is 485 g/mol. The molecule has 0 aliphatic carbocycles. The van der Waals surface area contributed by atoms with Crippen molar-refractivity contribution in [1.82, 2.24) is 14.8 Å². The number of halogens is 3. The van der Waals surface area contributed by atoms with Crippen molar-refractivity contribution in [2.45, 2.75) is 50.0 Å². The van der Waals surface area contributed by atoms with E-state index in [-0.39, 0.29) is 28.0 Å². The molecule has 3 rings (SSSR count). The molecule has 0 bridgehead atoms. The van der Waals surface area contributed by atoms with Crippen LogP contribution in [0.25, 0.3) is 0 Å². The van der Waals surface area contributed by atoms with E-state index >= 15 is 0 Å². The summed E-state index contributed by atoms with van der Waals surface area (Å²) < 4.78 is 59.2. The van der Waals surface area contributed by atoms with Crippen LogP contribution in [0.4, 0.5) is 13.2 Å². The van der Waals surface area contributed by atoms with Crippen LogP contribution in [0.2, 0.25) is 0 Å². The smallest absolute Gasteiger partial charge is 0.422 e. The molecule has 1 unspecified atom stereocenters. The molecule has 35 heavy (non-hydrogen) atoms. The van der Waals surface area contributed by atoms with Crippen LogP contribution < -0.4 is 9.47 Å². The number of allylic oxidation sites excluding steroid dienone is 1. The summed E-state index contributed by atoms with van der Waals surface area (Å²) in [5.41, 5.74) is 0.525. The average molecular weight is 515 g/mol. The Morgan fingerprint density at radius 2 is 2.11 bits per heavy atom. The lowest BCUT2D eigenvalue weighted by Gasteiger charge is -2.41. The Bertz CT molecular complexity index is 963. The first-order valence-corrected chi connectivity index (χ1v) is 12.4. The largest absolute Gasteiger partial charge is 0.616 e. The molecule has 0 N–H and O–H groups in total. The summed E-state index contributed by atoms with van der Waals surface area (Å²) in [7, 11) is 0. The lowest BCUT2D eigenvalue weighted by atomic mass is 10.2. The molecule has 0 radical (unpaired) electrons. The second kappa shape index (κ2) is 11.3. The number of amidine groups is 1. The number of nitrogens with zero attached hydrogens (tertiary/aromatic N) is 4. The highest BCUT2D eigenvalue weighted by Gasteiger charge is 2.38. The Balaban J connectivity index is 1.55. The molecule has 2 fully saturated rings. The van der Waals surface area contributed by atoms with Crippen molar-refractivity contribution in [2.24, 2.45) is 4.99 Å². The van der Waals surface area contributed by atoms with Gasteiger partial charge >= 0.3 is 6.18 Å². The van der Waals surface area contributed by atoms with Crippen LogP contribution in [-0.4, -0.2) is 80.1 Å². The van der Waals surface area contributed by atoms with E-state index < -0.39 is 30.1 Å². The number of hydrogen-bond donors (Lipinski definition) is 0. The van der Waals surface area contributed by atoms with E-state index in [4.69, 9.17) is 4.74 Å². The Labute approximate surface area is 205 Å². The quantitative estimate of drug-likeness (QED) is 0.217. The number of carbonyl (C=O) groups excluding carboxylic acids is 1. The second-order valence-corrected chi connectivity index (χ2v) is 10.7. The van der Waals surface area contributed by atoms with Gasteiger partial charge in [-0.2, -0.15) is 13.2 Å². The van der Waals surface area contributed by atoms with Crippen LogP contribution in [0.5, 0.6) is 11.6 Å². The lowest BCUT2D eigenvalue weighted by Crippen LogP contribution is -2.57. The highest BCUT2D eigenvalue weighted by molar-refractivity contribution is 7.92. The van der Waals surface area contributed by atoms with Crippen molar-refractivity contribution < 1.29 is 32.0 Å². The van der Waals surface area contributed by atoms with Crippen LogP contribution in [0.15, 0.2) is 47.9 Å². The number of aromatic nitrogens is 1. The fourth-order valence-corrected chi connectivity index (χ4v) is 4.99. The Kier molecular flexibility index (Phi) is 8.70. The number of rotatable bonds is 9. The number of aliphatic imine (C=N–C) groups is 1. The van der Waals surface area contributed by atoms with E-state index in [9.17, 15) is 22.5 Å². The first kappa shape index (κ1) is 26.9. The van der Waals surface area contributed by atoms with Gasteiger partial charge in [-0.3, -0.25) is 4.79 Å². The predicted octanol–water partition coefficient (Wildman–Crippen LogP) is 3.29. The molecule has 1 aromatic heterocycles. The van der Waals surface area contributed by atoms with Crippen LogP contribution in [0.3, 0.4) is 0 Å². The topological polar surface area (TPSA) is 90.3 Å². The maximum Gasteiger partial charge on any atom is 0.422 e. The average Bonchev–Trinajstić information content (AvgIpc) is 3.12. The zero-order chi connectivity index (χ0) is 25.8. The van der Waals surface area contributed by atoms with E-state index in [2.05, 4.69) is 21.3 Å². The van der Waals surface area contributed by atoms with E-state index in [1.54, 1.807) is 6.20 Å². The first-order chi connectivity index (χ1) is 16.5. The van der Waals surface area contributed by atoms with Crippen molar-refractivity contribution >= 4 is 22.9 Å². The molecule has 12 heteroatoms. The molecule has 2 aliphatic rings. The van der Waals surface area contributed by atoms with Crippen LogP contribution in [0.1, 0.15) is 27.2 Å². The van der Waals surface area contributed by atoms with Gasteiger partial charge in [0, 0.05) is 19.0 Å². The van der Waals surface area contributed by atoms with Crippen molar-refractivity contribution in [3.8, 4) is 11.6 Å². The third-order valence-corrected chi connectivity index (χ3v) is 7.42. The SMILES string of the molecule is C=C/C(=C\N=C(/C)N1CC([S+]([O-])C(C)C)C1)N1CC[C@@H](Oc2ccc(OCC(F)(F)F)nc2)C1=O. The normalized spacial score (nSPS) is 20.8. The Morgan fingerprint density at radius 3 is 2.69 bits per heavy atom. The van der Waals surface area contributed by atoms with Gasteiger partial charge in [-0.15, -0.1) is 0 Å². The molecule has 2 atom stereocenters. The molecule has 1 amide bonds. The van der Waals surface area contributed by atoms with Crippen LogP contribution in [0, 0.1) is 0 Å². The molecule has 0 aromatic carbocycles. The predicted molar refractivity (Wildman–Crippen MR) is 127 cm³/mol. The van der Waals surface area contributed by atoms with Gasteiger partial charge in [-0.1, -0.05) is 6.58 Å². The van der Waals surface area contributed by atoms with Gasteiger partial charge in [0.1, 0.15) is 16.8 Å². The van der Waals surface area contributed by atoms with E-state index in [1.165, 1.54) is 29.3 Å². The van der Waals surface area contributed by atoms with Gasteiger partial charge in [0.05, 0.1) is 31.2 Å². The standard InChI is InChI=1S/C23H29F3N4O4S/c1-5-17(10-27-16(4)29-12-19(13-29)35(32)15(2)3)30-9-8-20(22(30)31)34-18-6-7-21(28-11-18)33-14-23(24,25)26/h5-7,10-11,15,19-20H,1,8-9,12-14H2,2-4H3/b17-10+,27-16+/t20-,35?/m1/s1. The maximum absolute atomic E-state index is 12.9. The number of carbonyl (C=O) groups is 1. The summed E-state index contributed by atoms with van der Waals surface area (Å²) in [4.78, 5) is 24.7. The van der Waals surface area contributed by atoms with Crippen molar-refractivity contribution in [2.75, 3.05) is 26.2 Å². The first-order valence-electron chi connectivity index (χ1n) is 11.1. The van der Waals surface area contributed by atoms with Crippen molar-refractivity contribution in [3.63, 3.8) is 0 Å². The molecule has 1 aromatic rings.